The molecule has 1 heterocycles. The van der Waals surface area contributed by atoms with Gasteiger partial charge in [-0.1, -0.05) is 17.7 Å². The average molecular weight is 262 g/mol. The van der Waals surface area contributed by atoms with Crippen molar-refractivity contribution in [1.82, 2.24) is 0 Å². The summed E-state index contributed by atoms with van der Waals surface area (Å²) in [7, 11) is 0. The number of carboxylic acid groups (broad SMARTS) is 1. The number of thioether (sulfide) groups is 1. The minimum absolute atomic E-state index is 0.00649. The van der Waals surface area contributed by atoms with Crippen molar-refractivity contribution in [2.24, 2.45) is 0 Å². The van der Waals surface area contributed by atoms with Gasteiger partial charge in [-0.25, -0.2) is 4.79 Å². The number of hydrogen-bond acceptors (Lipinski definition) is 3. The molecule has 0 unspecified atom stereocenters. The van der Waals surface area contributed by atoms with E-state index in [2.05, 4.69) is 24.3 Å². The van der Waals surface area contributed by atoms with Gasteiger partial charge in [0.2, 0.25) is 5.76 Å². The van der Waals surface area contributed by atoms with Crippen LogP contribution in [0, 0.1) is 13.8 Å². The zero-order valence-electron chi connectivity index (χ0n) is 10.3. The second kappa shape index (κ2) is 5.31. The van der Waals surface area contributed by atoms with Gasteiger partial charge in [-0.3, -0.25) is 0 Å². The first-order valence-electron chi connectivity index (χ1n) is 5.58. The fourth-order valence-corrected chi connectivity index (χ4v) is 2.50. The van der Waals surface area contributed by atoms with Gasteiger partial charge >= 0.3 is 5.97 Å². The van der Waals surface area contributed by atoms with Crippen LogP contribution in [-0.4, -0.2) is 11.1 Å². The molecule has 0 radical (unpaired) electrons. The Labute approximate surface area is 110 Å². The van der Waals surface area contributed by atoms with Crippen LogP contribution in [0.5, 0.6) is 0 Å². The topological polar surface area (TPSA) is 50.4 Å². The summed E-state index contributed by atoms with van der Waals surface area (Å²) >= 11 is 1.67. The predicted molar refractivity (Wildman–Crippen MR) is 71.1 cm³/mol. The van der Waals surface area contributed by atoms with Crippen molar-refractivity contribution in [3.8, 4) is 0 Å². The number of carbonyl (C=O) groups is 1. The minimum atomic E-state index is -1.02. The van der Waals surface area contributed by atoms with Crippen LogP contribution in [0.15, 0.2) is 39.6 Å². The van der Waals surface area contributed by atoms with E-state index in [1.807, 2.05) is 6.92 Å². The van der Waals surface area contributed by atoms with Crippen LogP contribution in [0.4, 0.5) is 0 Å². The zero-order valence-corrected chi connectivity index (χ0v) is 11.1. The maximum Gasteiger partial charge on any atom is 0.371 e. The van der Waals surface area contributed by atoms with E-state index in [-0.39, 0.29) is 5.76 Å². The van der Waals surface area contributed by atoms with Gasteiger partial charge in [-0.15, -0.1) is 11.8 Å². The molecule has 0 amide bonds. The molecule has 4 heteroatoms. The monoisotopic (exact) mass is 262 g/mol. The van der Waals surface area contributed by atoms with Crippen LogP contribution < -0.4 is 0 Å². The summed E-state index contributed by atoms with van der Waals surface area (Å²) in [6.45, 7) is 3.84. The highest BCUT2D eigenvalue weighted by atomic mass is 32.2. The Morgan fingerprint density at radius 2 is 1.94 bits per heavy atom. The molecule has 0 atom stereocenters. The Kier molecular flexibility index (Phi) is 3.77. The highest BCUT2D eigenvalue weighted by Crippen LogP contribution is 2.26. The average Bonchev–Trinajstić information content (AvgIpc) is 2.70. The molecule has 18 heavy (non-hydrogen) atoms. The van der Waals surface area contributed by atoms with E-state index in [0.717, 1.165) is 10.5 Å². The largest absolute Gasteiger partial charge is 0.475 e. The molecule has 0 fully saturated rings. The first kappa shape index (κ1) is 12.8. The Bertz CT molecular complexity index is 555. The normalized spacial score (nSPS) is 10.6. The molecule has 94 valence electrons. The van der Waals surface area contributed by atoms with E-state index in [1.165, 1.54) is 5.56 Å². The molecule has 1 aromatic carbocycles. The highest BCUT2D eigenvalue weighted by Gasteiger charge is 2.12. The van der Waals surface area contributed by atoms with Gasteiger partial charge in [0, 0.05) is 16.2 Å². The third kappa shape index (κ3) is 2.96. The SMILES string of the molecule is Cc1ccc(SCc2cc(C(=O)O)oc2C)cc1. The second-order valence-corrected chi connectivity index (χ2v) is 5.15. The lowest BCUT2D eigenvalue weighted by Crippen LogP contribution is -1.91. The van der Waals surface area contributed by atoms with Gasteiger partial charge in [0.1, 0.15) is 5.76 Å². The molecule has 0 aliphatic heterocycles. The van der Waals surface area contributed by atoms with Gasteiger partial charge in [0.05, 0.1) is 0 Å². The van der Waals surface area contributed by atoms with Crippen LogP contribution >= 0.6 is 11.8 Å². The molecule has 0 saturated heterocycles. The maximum absolute atomic E-state index is 10.8. The molecule has 0 aliphatic carbocycles. The first-order chi connectivity index (χ1) is 8.56. The number of carboxylic acids is 1. The first-order valence-corrected chi connectivity index (χ1v) is 6.57. The summed E-state index contributed by atoms with van der Waals surface area (Å²) in [6.07, 6.45) is 0. The third-order valence-electron chi connectivity index (χ3n) is 2.65. The number of furan rings is 1. The van der Waals surface area contributed by atoms with Crippen molar-refractivity contribution in [2.45, 2.75) is 24.5 Å². The van der Waals surface area contributed by atoms with E-state index in [9.17, 15) is 4.79 Å². The number of aryl methyl sites for hydroxylation is 2. The van der Waals surface area contributed by atoms with Crippen molar-refractivity contribution in [1.29, 1.82) is 0 Å². The molecular weight excluding hydrogens is 248 g/mol. The van der Waals surface area contributed by atoms with Gasteiger partial charge in [0.25, 0.3) is 0 Å². The molecule has 1 N–H and O–H groups in total. The quantitative estimate of drug-likeness (QED) is 0.849. The molecule has 3 nitrogen and oxygen atoms in total. The van der Waals surface area contributed by atoms with Crippen LogP contribution in [0.25, 0.3) is 0 Å². The minimum Gasteiger partial charge on any atom is -0.475 e. The van der Waals surface area contributed by atoms with Crippen molar-refractivity contribution >= 4 is 17.7 Å². The lowest BCUT2D eigenvalue weighted by atomic mass is 10.2. The third-order valence-corrected chi connectivity index (χ3v) is 3.71. The summed E-state index contributed by atoms with van der Waals surface area (Å²) in [4.78, 5) is 11.9. The Balaban J connectivity index is 2.06. The number of hydrogen-bond donors (Lipinski definition) is 1. The van der Waals surface area contributed by atoms with E-state index in [0.29, 0.717) is 11.5 Å². The van der Waals surface area contributed by atoms with Crippen LogP contribution in [0.2, 0.25) is 0 Å². The van der Waals surface area contributed by atoms with Crippen molar-refractivity contribution < 1.29 is 14.3 Å². The summed E-state index contributed by atoms with van der Waals surface area (Å²) < 4.78 is 5.17. The van der Waals surface area contributed by atoms with Gasteiger partial charge in [-0.05, 0) is 32.0 Å². The molecule has 0 spiro atoms. The number of aromatic carboxylic acids is 1. The summed E-state index contributed by atoms with van der Waals surface area (Å²) in [5, 5.41) is 8.84. The Morgan fingerprint density at radius 3 is 2.50 bits per heavy atom. The molecule has 2 rings (SSSR count). The zero-order chi connectivity index (χ0) is 13.1. The predicted octanol–water partition coefficient (Wildman–Crippen LogP) is 3.89. The standard InChI is InChI=1S/C14H14O3S/c1-9-3-5-12(6-4-9)18-8-11-7-13(14(15)16)17-10(11)2/h3-7H,8H2,1-2H3,(H,15,16). The van der Waals surface area contributed by atoms with Gasteiger partial charge < -0.3 is 9.52 Å². The molecule has 2 aromatic rings. The molecule has 1 aromatic heterocycles. The Morgan fingerprint density at radius 1 is 1.28 bits per heavy atom. The van der Waals surface area contributed by atoms with E-state index < -0.39 is 5.97 Å². The highest BCUT2D eigenvalue weighted by molar-refractivity contribution is 7.98. The van der Waals surface area contributed by atoms with Crippen LogP contribution in [0.3, 0.4) is 0 Å². The second-order valence-electron chi connectivity index (χ2n) is 4.10. The number of rotatable bonds is 4. The van der Waals surface area contributed by atoms with E-state index >= 15 is 0 Å². The number of benzene rings is 1. The molecular formula is C14H14O3S. The Hall–Kier alpha value is -1.68. The fraction of sp³-hybridized carbons (Fsp3) is 0.214. The van der Waals surface area contributed by atoms with Crippen LogP contribution in [-0.2, 0) is 5.75 Å². The maximum atomic E-state index is 10.8. The van der Waals surface area contributed by atoms with E-state index in [1.54, 1.807) is 24.8 Å². The van der Waals surface area contributed by atoms with Crippen molar-refractivity contribution in [3.05, 3.63) is 53.0 Å². The van der Waals surface area contributed by atoms with Gasteiger partial charge in [0.15, 0.2) is 0 Å². The van der Waals surface area contributed by atoms with Crippen molar-refractivity contribution in [3.63, 3.8) is 0 Å². The van der Waals surface area contributed by atoms with Crippen molar-refractivity contribution in [2.75, 3.05) is 0 Å². The van der Waals surface area contributed by atoms with E-state index in [4.69, 9.17) is 9.52 Å². The fourth-order valence-electron chi connectivity index (χ4n) is 1.56. The lowest BCUT2D eigenvalue weighted by Gasteiger charge is -2.01. The molecule has 0 aliphatic rings. The molecule has 0 saturated carbocycles. The van der Waals surface area contributed by atoms with Crippen LogP contribution in [0.1, 0.15) is 27.4 Å². The molecule has 0 bridgehead atoms. The summed E-state index contributed by atoms with van der Waals surface area (Å²) in [6, 6.07) is 9.85. The lowest BCUT2D eigenvalue weighted by molar-refractivity contribution is 0.0661. The smallest absolute Gasteiger partial charge is 0.371 e. The summed E-state index contributed by atoms with van der Waals surface area (Å²) in [5.74, 6) is 0.370. The summed E-state index contributed by atoms with van der Waals surface area (Å²) in [5.41, 5.74) is 2.16. The van der Waals surface area contributed by atoms with Gasteiger partial charge in [-0.2, -0.15) is 0 Å².